The molecule has 0 radical (unpaired) electrons. The number of oxime groups is 1. The van der Waals surface area contributed by atoms with Crippen LogP contribution in [0.25, 0.3) is 0 Å². The molecule has 0 saturated carbocycles. The molecule has 1 saturated heterocycles. The van der Waals surface area contributed by atoms with Crippen LogP contribution in [0, 0.1) is 6.92 Å². The summed E-state index contributed by atoms with van der Waals surface area (Å²) in [7, 11) is 0. The summed E-state index contributed by atoms with van der Waals surface area (Å²) in [4.78, 5) is 16.2. The van der Waals surface area contributed by atoms with Crippen molar-refractivity contribution in [3.05, 3.63) is 35.4 Å². The van der Waals surface area contributed by atoms with Crippen molar-refractivity contribution < 1.29 is 10.0 Å². The Morgan fingerprint density at radius 1 is 1.33 bits per heavy atom. The Kier molecular flexibility index (Phi) is 5.16. The van der Waals surface area contributed by atoms with Crippen molar-refractivity contribution in [2.45, 2.75) is 13.3 Å². The first kappa shape index (κ1) is 15.3. The van der Waals surface area contributed by atoms with Gasteiger partial charge in [-0.25, -0.2) is 0 Å². The Bertz CT molecular complexity index is 522. The number of carbonyl (C=O) groups excluding carboxylic acids is 1. The molecule has 6 nitrogen and oxygen atoms in total. The molecule has 2 rings (SSSR count). The van der Waals surface area contributed by atoms with Crippen LogP contribution < -0.4 is 5.73 Å². The smallest absolute Gasteiger partial charge is 0.227 e. The molecule has 0 spiro atoms. The molecular formula is C15H22N4O2. The van der Waals surface area contributed by atoms with Crippen molar-refractivity contribution in [1.29, 1.82) is 0 Å². The van der Waals surface area contributed by atoms with Crippen LogP contribution in [0.3, 0.4) is 0 Å². The minimum atomic E-state index is 0.157. The van der Waals surface area contributed by atoms with Gasteiger partial charge >= 0.3 is 0 Å². The van der Waals surface area contributed by atoms with E-state index in [2.05, 4.69) is 10.1 Å². The number of piperazine rings is 1. The highest BCUT2D eigenvalue weighted by atomic mass is 16.4. The third-order valence-corrected chi connectivity index (χ3v) is 3.68. The summed E-state index contributed by atoms with van der Waals surface area (Å²) < 4.78 is 0. The number of hydrogen-bond acceptors (Lipinski definition) is 4. The zero-order valence-electron chi connectivity index (χ0n) is 12.3. The second-order valence-electron chi connectivity index (χ2n) is 5.41. The van der Waals surface area contributed by atoms with Crippen molar-refractivity contribution in [2.75, 3.05) is 32.7 Å². The normalized spacial score (nSPS) is 17.0. The molecule has 1 aliphatic heterocycles. The van der Waals surface area contributed by atoms with Gasteiger partial charge in [0, 0.05) is 26.2 Å². The SMILES string of the molecule is Cc1cccc(CC(=O)N2CCN(CC(N)=NO)CC2)c1. The maximum atomic E-state index is 12.3. The average molecular weight is 290 g/mol. The van der Waals surface area contributed by atoms with Gasteiger partial charge in [0.15, 0.2) is 5.84 Å². The number of nitrogens with two attached hydrogens (primary N) is 1. The lowest BCUT2D eigenvalue weighted by Gasteiger charge is -2.34. The molecule has 0 aliphatic carbocycles. The Balaban J connectivity index is 1.83. The van der Waals surface area contributed by atoms with Gasteiger partial charge in [-0.1, -0.05) is 35.0 Å². The molecular weight excluding hydrogens is 268 g/mol. The minimum Gasteiger partial charge on any atom is -0.409 e. The van der Waals surface area contributed by atoms with Crippen LogP contribution in [-0.2, 0) is 11.2 Å². The molecule has 1 heterocycles. The van der Waals surface area contributed by atoms with E-state index in [9.17, 15) is 4.79 Å². The average Bonchev–Trinajstić information content (AvgIpc) is 2.47. The number of benzene rings is 1. The minimum absolute atomic E-state index is 0.157. The van der Waals surface area contributed by atoms with Crippen LogP contribution in [0.4, 0.5) is 0 Å². The summed E-state index contributed by atoms with van der Waals surface area (Å²) in [6.07, 6.45) is 0.446. The molecule has 1 fully saturated rings. The van der Waals surface area contributed by atoms with E-state index in [1.807, 2.05) is 36.1 Å². The number of nitrogens with zero attached hydrogens (tertiary/aromatic N) is 3. The fourth-order valence-corrected chi connectivity index (χ4v) is 2.52. The highest BCUT2D eigenvalue weighted by Crippen LogP contribution is 2.08. The Hall–Kier alpha value is -2.08. The molecule has 21 heavy (non-hydrogen) atoms. The summed E-state index contributed by atoms with van der Waals surface area (Å²) in [5.41, 5.74) is 7.72. The molecule has 114 valence electrons. The molecule has 1 aromatic rings. The first-order chi connectivity index (χ1) is 10.1. The maximum Gasteiger partial charge on any atom is 0.227 e. The number of amides is 1. The summed E-state index contributed by atoms with van der Waals surface area (Å²) in [6.45, 7) is 5.33. The predicted octanol–water partition coefficient (Wildman–Crippen LogP) is 0.428. The summed E-state index contributed by atoms with van der Waals surface area (Å²) >= 11 is 0. The fraction of sp³-hybridized carbons (Fsp3) is 0.467. The molecule has 1 aliphatic rings. The van der Waals surface area contributed by atoms with Crippen LogP contribution in [0.5, 0.6) is 0 Å². The molecule has 0 aromatic heterocycles. The Morgan fingerprint density at radius 2 is 2.05 bits per heavy atom. The zero-order valence-corrected chi connectivity index (χ0v) is 12.3. The first-order valence-corrected chi connectivity index (χ1v) is 7.10. The summed E-state index contributed by atoms with van der Waals surface area (Å²) in [5.74, 6) is 0.360. The lowest BCUT2D eigenvalue weighted by Crippen LogP contribution is -2.51. The van der Waals surface area contributed by atoms with Gasteiger partial charge in [0.05, 0.1) is 13.0 Å². The zero-order chi connectivity index (χ0) is 15.2. The van der Waals surface area contributed by atoms with Crippen molar-refractivity contribution in [1.82, 2.24) is 9.80 Å². The predicted molar refractivity (Wildman–Crippen MR) is 81.3 cm³/mol. The summed E-state index contributed by atoms with van der Waals surface area (Å²) in [6, 6.07) is 8.04. The van der Waals surface area contributed by atoms with Gasteiger partial charge in [0.25, 0.3) is 0 Å². The van der Waals surface area contributed by atoms with Gasteiger partial charge in [-0.3, -0.25) is 9.69 Å². The van der Waals surface area contributed by atoms with Crippen LogP contribution in [-0.4, -0.2) is 59.5 Å². The first-order valence-electron chi connectivity index (χ1n) is 7.10. The monoisotopic (exact) mass is 290 g/mol. The third-order valence-electron chi connectivity index (χ3n) is 3.68. The van der Waals surface area contributed by atoms with E-state index in [1.165, 1.54) is 5.56 Å². The Morgan fingerprint density at radius 3 is 2.67 bits per heavy atom. The second-order valence-corrected chi connectivity index (χ2v) is 5.41. The lowest BCUT2D eigenvalue weighted by atomic mass is 10.1. The van der Waals surface area contributed by atoms with E-state index < -0.39 is 0 Å². The topological polar surface area (TPSA) is 82.2 Å². The van der Waals surface area contributed by atoms with Gasteiger partial charge in [0.2, 0.25) is 5.91 Å². The summed E-state index contributed by atoms with van der Waals surface area (Å²) in [5, 5.41) is 11.5. The molecule has 3 N–H and O–H groups in total. The van der Waals surface area contributed by atoms with Gasteiger partial charge in [-0.2, -0.15) is 0 Å². The second kappa shape index (κ2) is 7.08. The van der Waals surface area contributed by atoms with Gasteiger partial charge in [0.1, 0.15) is 0 Å². The number of hydrogen-bond donors (Lipinski definition) is 2. The van der Waals surface area contributed by atoms with Crippen molar-refractivity contribution >= 4 is 11.7 Å². The van der Waals surface area contributed by atoms with Crippen LogP contribution >= 0.6 is 0 Å². The Labute approximate surface area is 124 Å². The fourth-order valence-electron chi connectivity index (χ4n) is 2.52. The van der Waals surface area contributed by atoms with Crippen LogP contribution in [0.2, 0.25) is 0 Å². The molecule has 6 heteroatoms. The molecule has 1 amide bonds. The largest absolute Gasteiger partial charge is 0.409 e. The standard InChI is InChI=1S/C15H22N4O2/c1-12-3-2-4-13(9-12)10-15(20)19-7-5-18(6-8-19)11-14(16)17-21/h2-4,9,21H,5-8,10-11H2,1H3,(H2,16,17). The van der Waals surface area contributed by atoms with Crippen molar-refractivity contribution in [3.8, 4) is 0 Å². The van der Waals surface area contributed by atoms with E-state index >= 15 is 0 Å². The number of rotatable bonds is 4. The van der Waals surface area contributed by atoms with Crippen LogP contribution in [0.15, 0.2) is 29.4 Å². The van der Waals surface area contributed by atoms with Crippen molar-refractivity contribution in [3.63, 3.8) is 0 Å². The van der Waals surface area contributed by atoms with Gasteiger partial charge < -0.3 is 15.8 Å². The van der Waals surface area contributed by atoms with Gasteiger partial charge in [-0.05, 0) is 12.5 Å². The van der Waals surface area contributed by atoms with Crippen molar-refractivity contribution in [2.24, 2.45) is 10.9 Å². The quantitative estimate of drug-likeness (QED) is 0.364. The van der Waals surface area contributed by atoms with E-state index in [-0.39, 0.29) is 11.7 Å². The van der Waals surface area contributed by atoms with E-state index in [0.29, 0.717) is 26.1 Å². The van der Waals surface area contributed by atoms with Crippen LogP contribution in [0.1, 0.15) is 11.1 Å². The third kappa shape index (κ3) is 4.46. The lowest BCUT2D eigenvalue weighted by molar-refractivity contribution is -0.132. The number of carbonyl (C=O) groups is 1. The molecule has 0 bridgehead atoms. The van der Waals surface area contributed by atoms with E-state index in [0.717, 1.165) is 18.7 Å². The van der Waals surface area contributed by atoms with E-state index in [1.54, 1.807) is 0 Å². The highest BCUT2D eigenvalue weighted by molar-refractivity contribution is 5.82. The van der Waals surface area contributed by atoms with Gasteiger partial charge in [-0.15, -0.1) is 0 Å². The molecule has 0 atom stereocenters. The maximum absolute atomic E-state index is 12.3. The molecule has 1 aromatic carbocycles. The number of amidine groups is 1. The highest BCUT2D eigenvalue weighted by Gasteiger charge is 2.21. The number of aryl methyl sites for hydroxylation is 1. The van der Waals surface area contributed by atoms with E-state index in [4.69, 9.17) is 10.9 Å². The molecule has 0 unspecified atom stereocenters.